The second-order valence-electron chi connectivity index (χ2n) is 7.52. The molecule has 0 amide bonds. The molecule has 2 aliphatic heterocycles. The summed E-state index contributed by atoms with van der Waals surface area (Å²) in [6.07, 6.45) is -4.56. The molecule has 0 radical (unpaired) electrons. The van der Waals surface area contributed by atoms with Crippen LogP contribution in [0.25, 0.3) is 0 Å². The van der Waals surface area contributed by atoms with Crippen molar-refractivity contribution < 1.29 is 22.6 Å². The Hall–Kier alpha value is -2.75. The van der Waals surface area contributed by atoms with Crippen LogP contribution in [0.4, 0.5) is 24.9 Å². The van der Waals surface area contributed by atoms with Gasteiger partial charge in [0.05, 0.1) is 26.3 Å². The molecule has 1 saturated heterocycles. The second-order valence-corrected chi connectivity index (χ2v) is 7.52. The van der Waals surface area contributed by atoms with E-state index in [1.54, 1.807) is 24.3 Å². The molecule has 1 aromatic heterocycles. The van der Waals surface area contributed by atoms with Gasteiger partial charge in [-0.25, -0.2) is 0 Å². The molecule has 10 heteroatoms. The number of rotatable bonds is 5. The molecule has 7 nitrogen and oxygen atoms in total. The van der Waals surface area contributed by atoms with Crippen molar-refractivity contribution >= 4 is 11.8 Å². The van der Waals surface area contributed by atoms with E-state index in [4.69, 9.17) is 9.47 Å². The number of aromatic nitrogens is 2. The molecule has 0 N–H and O–H groups in total. The summed E-state index contributed by atoms with van der Waals surface area (Å²) in [4.78, 5) is 20.1. The lowest BCUT2D eigenvalue weighted by molar-refractivity contribution is -0.182. The quantitative estimate of drug-likeness (QED) is 0.734. The van der Waals surface area contributed by atoms with E-state index in [-0.39, 0.29) is 19.1 Å². The van der Waals surface area contributed by atoms with Crippen LogP contribution in [0, 0.1) is 0 Å². The van der Waals surface area contributed by atoms with Crippen molar-refractivity contribution in [2.45, 2.75) is 25.2 Å². The van der Waals surface area contributed by atoms with Crippen LogP contribution >= 0.6 is 0 Å². The summed E-state index contributed by atoms with van der Waals surface area (Å²) in [5, 5.41) is 0. The van der Waals surface area contributed by atoms with Crippen LogP contribution in [0.15, 0.2) is 41.2 Å². The maximum Gasteiger partial charge on any atom is 0.413 e. The van der Waals surface area contributed by atoms with Crippen LogP contribution in [-0.4, -0.2) is 60.7 Å². The van der Waals surface area contributed by atoms with Crippen molar-refractivity contribution in [3.8, 4) is 5.75 Å². The van der Waals surface area contributed by atoms with Crippen molar-refractivity contribution in [2.75, 3.05) is 49.3 Å². The van der Waals surface area contributed by atoms with E-state index >= 15 is 0 Å². The molecule has 0 bridgehead atoms. The fourth-order valence-electron chi connectivity index (χ4n) is 3.77. The summed E-state index contributed by atoms with van der Waals surface area (Å²) >= 11 is 0. The monoisotopic (exact) mass is 424 g/mol. The lowest BCUT2D eigenvalue weighted by Crippen LogP contribution is -2.56. The standard InChI is InChI=1S/C20H23F3N4O3/c1-19(20(21,22)23)14-26-17(28)13-16(25-7-10-29-11-8-25)24-18(26)27(19)9-12-30-15-5-3-2-4-6-15/h2-6,13H,7-12,14H2,1H3/t19-/m0/s1. The highest BCUT2D eigenvalue weighted by Gasteiger charge is 2.59. The first-order valence-corrected chi connectivity index (χ1v) is 9.76. The fourth-order valence-corrected chi connectivity index (χ4v) is 3.77. The molecule has 2 aliphatic rings. The molecule has 2 aromatic rings. The van der Waals surface area contributed by atoms with Crippen LogP contribution in [0.1, 0.15) is 6.92 Å². The molecule has 162 valence electrons. The van der Waals surface area contributed by atoms with Gasteiger partial charge in [0.1, 0.15) is 18.2 Å². The molecule has 0 saturated carbocycles. The number of hydrogen-bond acceptors (Lipinski definition) is 6. The van der Waals surface area contributed by atoms with Gasteiger partial charge in [0.2, 0.25) is 5.95 Å². The zero-order valence-electron chi connectivity index (χ0n) is 16.6. The zero-order valence-corrected chi connectivity index (χ0v) is 16.6. The molecule has 30 heavy (non-hydrogen) atoms. The van der Waals surface area contributed by atoms with Gasteiger partial charge < -0.3 is 19.3 Å². The number of halogens is 3. The van der Waals surface area contributed by atoms with E-state index in [0.29, 0.717) is 37.9 Å². The third-order valence-corrected chi connectivity index (χ3v) is 5.55. The number of hydrogen-bond donors (Lipinski definition) is 0. The minimum absolute atomic E-state index is 0.0143. The number of ether oxygens (including phenoxy) is 2. The van der Waals surface area contributed by atoms with E-state index < -0.39 is 23.8 Å². The molecule has 0 aliphatic carbocycles. The lowest BCUT2D eigenvalue weighted by Gasteiger charge is -2.36. The van der Waals surface area contributed by atoms with E-state index in [1.807, 2.05) is 11.0 Å². The molecule has 1 atom stereocenters. The Kier molecular flexibility index (Phi) is 5.35. The molecule has 4 rings (SSSR count). The van der Waals surface area contributed by atoms with Crippen LogP contribution in [0.2, 0.25) is 0 Å². The van der Waals surface area contributed by atoms with Crippen molar-refractivity contribution in [3.63, 3.8) is 0 Å². The normalized spacial score (nSPS) is 21.6. The highest BCUT2D eigenvalue weighted by Crippen LogP contribution is 2.43. The van der Waals surface area contributed by atoms with Crippen molar-refractivity contribution in [3.05, 3.63) is 46.8 Å². The summed E-state index contributed by atoms with van der Waals surface area (Å²) in [7, 11) is 0. The Labute approximate surface area is 171 Å². The average molecular weight is 424 g/mol. The maximum absolute atomic E-state index is 14.0. The Morgan fingerprint density at radius 3 is 2.57 bits per heavy atom. The Morgan fingerprint density at radius 2 is 1.90 bits per heavy atom. The third kappa shape index (κ3) is 3.71. The van der Waals surface area contributed by atoms with Crippen LogP contribution in [0.5, 0.6) is 5.75 Å². The van der Waals surface area contributed by atoms with Gasteiger partial charge in [-0.1, -0.05) is 18.2 Å². The number of fused-ring (bicyclic) bond motifs is 1. The van der Waals surface area contributed by atoms with Gasteiger partial charge in [0.15, 0.2) is 5.54 Å². The SMILES string of the molecule is C[C@@]1(C(F)(F)F)Cn2c(nc(N3CCOCC3)cc2=O)N1CCOc1ccccc1. The largest absolute Gasteiger partial charge is 0.492 e. The number of benzene rings is 1. The summed E-state index contributed by atoms with van der Waals surface area (Å²) in [5.74, 6) is 0.952. The average Bonchev–Trinajstić information content (AvgIpc) is 3.03. The van der Waals surface area contributed by atoms with Crippen molar-refractivity contribution in [2.24, 2.45) is 0 Å². The molecule has 0 unspecified atom stereocenters. The first-order chi connectivity index (χ1) is 14.3. The highest BCUT2D eigenvalue weighted by molar-refractivity contribution is 5.50. The minimum Gasteiger partial charge on any atom is -0.492 e. The molecule has 0 spiro atoms. The summed E-state index contributed by atoms with van der Waals surface area (Å²) in [5.41, 5.74) is -2.75. The minimum atomic E-state index is -4.56. The molecule has 1 aromatic carbocycles. The summed E-state index contributed by atoms with van der Waals surface area (Å²) < 4.78 is 54.2. The highest BCUT2D eigenvalue weighted by atomic mass is 19.4. The number of alkyl halides is 3. The number of morpholine rings is 1. The predicted octanol–water partition coefficient (Wildman–Crippen LogP) is 2.30. The van der Waals surface area contributed by atoms with Gasteiger partial charge in [-0.15, -0.1) is 0 Å². The Morgan fingerprint density at radius 1 is 1.20 bits per heavy atom. The van der Waals surface area contributed by atoms with Gasteiger partial charge >= 0.3 is 6.18 Å². The summed E-state index contributed by atoms with van der Waals surface area (Å²) in [6, 6.07) is 10.2. The van der Waals surface area contributed by atoms with Gasteiger partial charge in [0.25, 0.3) is 5.56 Å². The van der Waals surface area contributed by atoms with Crippen LogP contribution in [-0.2, 0) is 11.3 Å². The Balaban J connectivity index is 1.64. The van der Waals surface area contributed by atoms with Crippen molar-refractivity contribution in [1.29, 1.82) is 0 Å². The predicted molar refractivity (Wildman–Crippen MR) is 105 cm³/mol. The van der Waals surface area contributed by atoms with Crippen LogP contribution < -0.4 is 20.1 Å². The smallest absolute Gasteiger partial charge is 0.413 e. The van der Waals surface area contributed by atoms with E-state index in [2.05, 4.69) is 4.98 Å². The topological polar surface area (TPSA) is 59.8 Å². The van der Waals surface area contributed by atoms with Gasteiger partial charge in [-0.05, 0) is 19.1 Å². The number of nitrogens with zero attached hydrogens (tertiary/aromatic N) is 4. The first kappa shape index (κ1) is 20.5. The molecular formula is C20H23F3N4O3. The fraction of sp³-hybridized carbons (Fsp3) is 0.500. The lowest BCUT2D eigenvalue weighted by atomic mass is 10.0. The summed E-state index contributed by atoms with van der Waals surface area (Å²) in [6.45, 7) is 2.57. The molecule has 1 fully saturated rings. The third-order valence-electron chi connectivity index (χ3n) is 5.55. The van der Waals surface area contributed by atoms with E-state index in [9.17, 15) is 18.0 Å². The van der Waals surface area contributed by atoms with Gasteiger partial charge in [-0.3, -0.25) is 9.36 Å². The van der Waals surface area contributed by atoms with Gasteiger partial charge in [-0.2, -0.15) is 18.2 Å². The first-order valence-electron chi connectivity index (χ1n) is 9.76. The number of para-hydroxylation sites is 1. The van der Waals surface area contributed by atoms with Crippen molar-refractivity contribution in [1.82, 2.24) is 9.55 Å². The maximum atomic E-state index is 14.0. The van der Waals surface area contributed by atoms with Gasteiger partial charge in [0, 0.05) is 19.2 Å². The second kappa shape index (κ2) is 7.82. The molecular weight excluding hydrogens is 401 g/mol. The van der Waals surface area contributed by atoms with E-state index in [0.717, 1.165) is 16.4 Å². The Bertz CT molecular complexity index is 945. The van der Waals surface area contributed by atoms with Crippen LogP contribution in [0.3, 0.4) is 0 Å². The zero-order chi connectivity index (χ0) is 21.4. The van der Waals surface area contributed by atoms with E-state index in [1.165, 1.54) is 6.07 Å². The number of anilines is 2. The molecule has 3 heterocycles.